The second-order valence-corrected chi connectivity index (χ2v) is 9.90. The molecule has 0 saturated carbocycles. The van der Waals surface area contributed by atoms with E-state index >= 15 is 0 Å². The summed E-state index contributed by atoms with van der Waals surface area (Å²) in [4.78, 5) is 50.2. The molecular weight excluding hydrogens is 506 g/mol. The molecule has 1 aromatic carbocycles. The van der Waals surface area contributed by atoms with Gasteiger partial charge in [-0.25, -0.2) is 0 Å². The molecule has 11 heteroatoms. The Labute approximate surface area is 220 Å². The van der Waals surface area contributed by atoms with Crippen LogP contribution in [0.15, 0.2) is 34.1 Å². The van der Waals surface area contributed by atoms with Crippen LogP contribution < -0.4 is 5.73 Å². The number of hydrogen-bond acceptors (Lipinski definition) is 11. The number of allylic oxidation sites excluding steroid dienone is 2. The lowest BCUT2D eigenvalue weighted by molar-refractivity contribution is -0.150. The predicted molar refractivity (Wildman–Crippen MR) is 139 cm³/mol. The molecule has 0 saturated heterocycles. The number of benzene rings is 1. The molecule has 0 aromatic heterocycles. The van der Waals surface area contributed by atoms with Crippen molar-refractivity contribution in [3.8, 4) is 0 Å². The smallest absolute Gasteiger partial charge is 0.306 e. The van der Waals surface area contributed by atoms with Gasteiger partial charge in [0.25, 0.3) is 0 Å². The van der Waals surface area contributed by atoms with Crippen LogP contribution in [0.5, 0.6) is 0 Å². The SMILES string of the molecule is [2H]NCOCCCCCCOC(=O)CCC(=O)OCCSC1=C(SCCO)C(=O)c2ccccc2C1=O. The quantitative estimate of drug-likeness (QED) is 0.152. The molecule has 9 nitrogen and oxygen atoms in total. The number of fused-ring (bicyclic) bond motifs is 1. The number of nitrogens with two attached hydrogens (primary N) is 1. The van der Waals surface area contributed by atoms with E-state index in [4.69, 9.17) is 20.7 Å². The molecule has 0 spiro atoms. The van der Waals surface area contributed by atoms with E-state index in [1.807, 2.05) is 0 Å². The van der Waals surface area contributed by atoms with E-state index in [0.717, 1.165) is 49.2 Å². The van der Waals surface area contributed by atoms with Crippen molar-refractivity contribution >= 4 is 47.0 Å². The van der Waals surface area contributed by atoms with Gasteiger partial charge in [0, 0.05) is 29.2 Å². The van der Waals surface area contributed by atoms with Gasteiger partial charge in [0.2, 0.25) is 11.6 Å². The number of aliphatic hydroxyl groups is 1. The van der Waals surface area contributed by atoms with Gasteiger partial charge in [0.1, 0.15) is 8.02 Å². The fourth-order valence-electron chi connectivity index (χ4n) is 3.31. The molecule has 0 heterocycles. The molecule has 0 radical (unpaired) electrons. The van der Waals surface area contributed by atoms with Gasteiger partial charge in [0.05, 0.1) is 42.6 Å². The highest BCUT2D eigenvalue weighted by Gasteiger charge is 2.32. The zero-order valence-electron chi connectivity index (χ0n) is 21.1. The van der Waals surface area contributed by atoms with Crippen molar-refractivity contribution in [1.29, 1.82) is 0 Å². The standard InChI is InChI=1S/C25H33NO8S2/c26-17-32-12-5-1-2-6-13-33-20(28)9-10-21(29)34-14-16-36-25-23(31)19-8-4-3-7-18(19)22(30)24(25)35-15-11-27/h3-4,7-8,27H,1-2,5-6,9-17,26H2/i/hD. The molecule has 0 amide bonds. The number of esters is 2. The lowest BCUT2D eigenvalue weighted by Crippen LogP contribution is -2.20. The number of ether oxygens (including phenoxy) is 3. The van der Waals surface area contributed by atoms with Crippen molar-refractivity contribution in [2.45, 2.75) is 38.5 Å². The van der Waals surface area contributed by atoms with Crippen LogP contribution in [-0.2, 0) is 23.8 Å². The van der Waals surface area contributed by atoms with E-state index < -0.39 is 11.9 Å². The summed E-state index contributed by atoms with van der Waals surface area (Å²) in [6.45, 7) is 0.969. The Bertz CT molecular complexity index is 956. The Balaban J connectivity index is 1.66. The van der Waals surface area contributed by atoms with E-state index in [0.29, 0.717) is 34.2 Å². The van der Waals surface area contributed by atoms with Gasteiger partial charge in [-0.05, 0) is 19.3 Å². The normalized spacial score (nSPS) is 13.4. The highest BCUT2D eigenvalue weighted by Crippen LogP contribution is 2.38. The molecule has 0 bridgehead atoms. The summed E-state index contributed by atoms with van der Waals surface area (Å²) in [5, 5.41) is 9.16. The minimum atomic E-state index is -0.542. The Morgan fingerprint density at radius 3 is 1.97 bits per heavy atom. The second-order valence-electron chi connectivity index (χ2n) is 7.69. The maximum absolute atomic E-state index is 13.0. The molecule has 1 aliphatic rings. The average molecular weight is 541 g/mol. The van der Waals surface area contributed by atoms with Crippen LogP contribution in [0.3, 0.4) is 0 Å². The van der Waals surface area contributed by atoms with Crippen molar-refractivity contribution in [3.05, 3.63) is 45.2 Å². The summed E-state index contributed by atoms with van der Waals surface area (Å²) in [5.41, 5.74) is 2.84. The summed E-state index contributed by atoms with van der Waals surface area (Å²) >= 11 is 2.28. The zero-order chi connectivity index (χ0) is 26.9. The number of unbranched alkanes of at least 4 members (excludes halogenated alkanes) is 3. The molecule has 1 aromatic rings. The van der Waals surface area contributed by atoms with Crippen molar-refractivity contribution < 1.29 is 39.9 Å². The van der Waals surface area contributed by atoms with Crippen LogP contribution in [0.1, 0.15) is 59.2 Å². The summed E-state index contributed by atoms with van der Waals surface area (Å²) in [6, 6.07) is 6.62. The Hall–Kier alpha value is -2.18. The highest BCUT2D eigenvalue weighted by molar-refractivity contribution is 8.08. The number of hydrogen-bond donors (Lipinski definition) is 2. The minimum absolute atomic E-state index is 0.0185. The van der Waals surface area contributed by atoms with E-state index in [9.17, 15) is 19.2 Å². The third-order valence-corrected chi connectivity index (χ3v) is 7.29. The Morgan fingerprint density at radius 2 is 1.39 bits per heavy atom. The molecule has 2 rings (SSSR count). The molecule has 3 N–H and O–H groups in total. The maximum atomic E-state index is 13.0. The van der Waals surface area contributed by atoms with Gasteiger partial charge < -0.3 is 25.0 Å². The third-order valence-electron chi connectivity index (χ3n) is 5.05. The van der Waals surface area contributed by atoms with Crippen molar-refractivity contribution in [2.24, 2.45) is 5.73 Å². The van der Waals surface area contributed by atoms with Crippen LogP contribution in [0.2, 0.25) is 1.41 Å². The summed E-state index contributed by atoms with van der Waals surface area (Å²) < 4.78 is 22.1. The van der Waals surface area contributed by atoms with Gasteiger partial charge in [0.15, 0.2) is 0 Å². The van der Waals surface area contributed by atoms with E-state index in [2.05, 4.69) is 5.73 Å². The van der Waals surface area contributed by atoms with Crippen molar-refractivity contribution in [1.82, 2.24) is 0 Å². The van der Waals surface area contributed by atoms with Crippen LogP contribution in [-0.4, -0.2) is 73.3 Å². The van der Waals surface area contributed by atoms with Crippen LogP contribution >= 0.6 is 23.5 Å². The lowest BCUT2D eigenvalue weighted by Gasteiger charge is -2.20. The van der Waals surface area contributed by atoms with Gasteiger partial charge in [-0.2, -0.15) is 0 Å². The fraction of sp³-hybridized carbons (Fsp3) is 0.520. The Morgan fingerprint density at radius 1 is 0.833 bits per heavy atom. The van der Waals surface area contributed by atoms with Gasteiger partial charge in [-0.1, -0.05) is 30.7 Å². The summed E-state index contributed by atoms with van der Waals surface area (Å²) in [6.07, 6.45) is 3.25. The molecule has 198 valence electrons. The number of ketones is 2. The first-order chi connectivity index (χ1) is 18.0. The molecule has 0 unspecified atom stereocenters. The van der Waals surface area contributed by atoms with Gasteiger partial charge in [-0.15, -0.1) is 23.5 Å². The number of aliphatic hydroxyl groups excluding tert-OH is 1. The van der Waals surface area contributed by atoms with E-state index in [1.54, 1.807) is 24.3 Å². The van der Waals surface area contributed by atoms with Crippen LogP contribution in [0, 0.1) is 0 Å². The average Bonchev–Trinajstić information content (AvgIpc) is 2.91. The maximum Gasteiger partial charge on any atom is 0.306 e. The van der Waals surface area contributed by atoms with Gasteiger partial charge in [-0.3, -0.25) is 19.2 Å². The molecule has 0 atom stereocenters. The van der Waals surface area contributed by atoms with E-state index in [1.165, 1.54) is 0 Å². The predicted octanol–water partition coefficient (Wildman–Crippen LogP) is 3.10. The number of carbonyl (C=O) groups excluding carboxylic acids is 4. The Kier molecular flexibility index (Phi) is 13.6. The first-order valence-electron chi connectivity index (χ1n) is 12.3. The van der Waals surface area contributed by atoms with Crippen LogP contribution in [0.4, 0.5) is 0 Å². The fourth-order valence-corrected chi connectivity index (χ4v) is 5.25. The van der Waals surface area contributed by atoms with E-state index in [-0.39, 0.29) is 55.9 Å². The molecule has 0 aliphatic heterocycles. The summed E-state index contributed by atoms with van der Waals surface area (Å²) in [7, 11) is 0. The van der Waals surface area contributed by atoms with Gasteiger partial charge >= 0.3 is 11.9 Å². The first kappa shape index (κ1) is 28.4. The summed E-state index contributed by atoms with van der Waals surface area (Å²) in [5.74, 6) is -0.966. The number of Topliss-reactive ketones (excluding diaryl/α,β-unsaturated/α-hetero) is 2. The number of thioether (sulfide) groups is 2. The molecule has 1 aliphatic carbocycles. The monoisotopic (exact) mass is 540 g/mol. The van der Waals surface area contributed by atoms with Crippen LogP contribution in [0.25, 0.3) is 0 Å². The number of carbonyl (C=O) groups is 4. The second kappa shape index (κ2) is 17.3. The minimum Gasteiger partial charge on any atom is -0.466 e. The topological polar surface area (TPSA) is 142 Å². The largest absolute Gasteiger partial charge is 0.466 e. The third kappa shape index (κ3) is 10.1. The molecular formula is C25H33NO8S2. The molecule has 0 fully saturated rings. The lowest BCUT2D eigenvalue weighted by atomic mass is 9.94. The number of rotatable bonds is 19. The van der Waals surface area contributed by atoms with Crippen molar-refractivity contribution in [2.75, 3.05) is 44.7 Å². The first-order valence-corrected chi connectivity index (χ1v) is 13.8. The zero-order valence-corrected chi connectivity index (χ0v) is 21.8. The highest BCUT2D eigenvalue weighted by atomic mass is 32.2. The van der Waals surface area contributed by atoms with Crippen molar-refractivity contribution in [3.63, 3.8) is 0 Å². The molecule has 36 heavy (non-hydrogen) atoms.